The number of hydrogen-bond donors (Lipinski definition) is 0. The Morgan fingerprint density at radius 2 is 0.900 bits per heavy atom. The molecule has 286 valence electrons. The fourth-order valence-corrected chi connectivity index (χ4v) is 9.67. The number of hydrogen-bond acceptors (Lipinski definition) is 2. The molecule has 60 heavy (non-hydrogen) atoms. The third-order valence-electron chi connectivity index (χ3n) is 12.3. The predicted octanol–water partition coefficient (Wildman–Crippen LogP) is 15.7. The van der Waals surface area contributed by atoms with Crippen molar-refractivity contribution in [1.29, 1.82) is 0 Å². The second kappa shape index (κ2) is 14.3. The molecule has 0 N–H and O–H groups in total. The Morgan fingerprint density at radius 1 is 0.383 bits per heavy atom. The molecule has 3 nitrogen and oxygen atoms in total. The molecule has 0 saturated heterocycles. The van der Waals surface area contributed by atoms with E-state index in [1.807, 2.05) is 0 Å². The number of para-hydroxylation sites is 4. The fourth-order valence-electron chi connectivity index (χ4n) is 9.67. The number of nitrogens with zero attached hydrogens (tertiary/aromatic N) is 3. The van der Waals surface area contributed by atoms with Crippen LogP contribution in [-0.4, -0.2) is 4.57 Å². The maximum absolute atomic E-state index is 2.49. The Bertz CT molecular complexity index is 3110. The number of rotatable bonds is 8. The summed E-state index contributed by atoms with van der Waals surface area (Å²) in [5.74, 6) is 0. The van der Waals surface area contributed by atoms with Crippen molar-refractivity contribution in [2.75, 3.05) is 9.80 Å². The van der Waals surface area contributed by atoms with Gasteiger partial charge in [0.2, 0.25) is 0 Å². The first-order chi connectivity index (χ1) is 29.6. The summed E-state index contributed by atoms with van der Waals surface area (Å²) in [5, 5.41) is 2.38. The Hall–Kier alpha value is -7.62. The third-order valence-corrected chi connectivity index (χ3v) is 12.3. The molecule has 11 rings (SSSR count). The maximum Gasteiger partial charge on any atom is 0.0583 e. The first-order valence-corrected chi connectivity index (χ1v) is 20.8. The molecule has 0 radical (unpaired) electrons. The van der Waals surface area contributed by atoms with Crippen LogP contribution in [0.2, 0.25) is 0 Å². The topological polar surface area (TPSA) is 11.4 Å². The first kappa shape index (κ1) is 35.5. The quantitative estimate of drug-likeness (QED) is 0.152. The van der Waals surface area contributed by atoms with E-state index >= 15 is 0 Å². The molecule has 0 saturated carbocycles. The van der Waals surface area contributed by atoms with E-state index in [1.165, 1.54) is 49.8 Å². The molecule has 0 bridgehead atoms. The van der Waals surface area contributed by atoms with Gasteiger partial charge in [-0.25, -0.2) is 0 Å². The summed E-state index contributed by atoms with van der Waals surface area (Å²) in [4.78, 5) is 4.92. The largest absolute Gasteiger partial charge is 0.310 e. The van der Waals surface area contributed by atoms with Gasteiger partial charge in [-0.3, -0.25) is 0 Å². The predicted molar refractivity (Wildman–Crippen MR) is 253 cm³/mol. The fraction of sp³-hybridized carbons (Fsp3) is 0.0526. The zero-order chi connectivity index (χ0) is 40.2. The van der Waals surface area contributed by atoms with Gasteiger partial charge in [0.1, 0.15) is 0 Å². The zero-order valence-corrected chi connectivity index (χ0v) is 33.7. The average Bonchev–Trinajstić information content (AvgIpc) is 3.77. The standard InChI is InChI=1S/C57H43N3/c1-57(2)50-31-17-15-28-47(50)48-30-19-33-52(56(48)57)59(44-26-13-6-14-27-44)46-38-53(58(42-22-9-4-10-23-42)43-24-11-5-12-25-43)55-49-29-16-18-32-51(49)60(54(55)39-46)45-36-34-41(35-37-45)40-20-7-3-8-21-40/h3-39H,1-2H3. The van der Waals surface area contributed by atoms with Gasteiger partial charge in [0.05, 0.1) is 28.1 Å². The summed E-state index contributed by atoms with van der Waals surface area (Å²) < 4.78 is 2.46. The lowest BCUT2D eigenvalue weighted by Crippen LogP contribution is -2.21. The molecule has 0 amide bonds. The van der Waals surface area contributed by atoms with E-state index in [-0.39, 0.29) is 5.41 Å². The van der Waals surface area contributed by atoms with E-state index in [0.29, 0.717) is 0 Å². The molecule has 9 aromatic carbocycles. The summed E-state index contributed by atoms with van der Waals surface area (Å²) >= 11 is 0. The van der Waals surface area contributed by atoms with Gasteiger partial charge in [0, 0.05) is 38.9 Å². The minimum Gasteiger partial charge on any atom is -0.310 e. The normalized spacial score (nSPS) is 12.6. The average molecular weight is 770 g/mol. The summed E-state index contributed by atoms with van der Waals surface area (Å²) in [7, 11) is 0. The van der Waals surface area contributed by atoms with E-state index < -0.39 is 0 Å². The molecule has 0 spiro atoms. The Balaban J connectivity index is 1.25. The van der Waals surface area contributed by atoms with Crippen molar-refractivity contribution in [2.45, 2.75) is 19.3 Å². The van der Waals surface area contributed by atoms with Crippen molar-refractivity contribution in [3.63, 3.8) is 0 Å². The van der Waals surface area contributed by atoms with Crippen LogP contribution in [-0.2, 0) is 5.41 Å². The van der Waals surface area contributed by atoms with Gasteiger partial charge in [-0.2, -0.15) is 0 Å². The number of benzene rings is 9. The van der Waals surface area contributed by atoms with Crippen LogP contribution in [0.5, 0.6) is 0 Å². The van der Waals surface area contributed by atoms with E-state index in [2.05, 4.69) is 253 Å². The smallest absolute Gasteiger partial charge is 0.0583 e. The van der Waals surface area contributed by atoms with Gasteiger partial charge < -0.3 is 14.4 Å². The highest BCUT2D eigenvalue weighted by molar-refractivity contribution is 6.18. The molecule has 0 atom stereocenters. The summed E-state index contributed by atoms with van der Waals surface area (Å²) in [6.07, 6.45) is 0. The van der Waals surface area contributed by atoms with Crippen molar-refractivity contribution < 1.29 is 0 Å². The molecule has 1 heterocycles. The number of anilines is 6. The lowest BCUT2D eigenvalue weighted by Gasteiger charge is -2.33. The summed E-state index contributed by atoms with van der Waals surface area (Å²) in [5.41, 5.74) is 17.5. The highest BCUT2D eigenvalue weighted by Gasteiger charge is 2.39. The monoisotopic (exact) mass is 769 g/mol. The van der Waals surface area contributed by atoms with Gasteiger partial charge in [-0.15, -0.1) is 0 Å². The summed E-state index contributed by atoms with van der Waals surface area (Å²) in [6, 6.07) is 81.6. The van der Waals surface area contributed by atoms with Crippen LogP contribution in [0.3, 0.4) is 0 Å². The molecule has 3 heteroatoms. The van der Waals surface area contributed by atoms with E-state index in [9.17, 15) is 0 Å². The Kier molecular flexibility index (Phi) is 8.49. The number of aromatic nitrogens is 1. The molecule has 0 aliphatic heterocycles. The lowest BCUT2D eigenvalue weighted by atomic mass is 9.81. The van der Waals surface area contributed by atoms with E-state index in [4.69, 9.17) is 0 Å². The molecular weight excluding hydrogens is 727 g/mol. The number of fused-ring (bicyclic) bond motifs is 6. The van der Waals surface area contributed by atoms with Gasteiger partial charge in [0.25, 0.3) is 0 Å². The van der Waals surface area contributed by atoms with Crippen LogP contribution < -0.4 is 9.80 Å². The highest BCUT2D eigenvalue weighted by atomic mass is 15.2. The second-order valence-electron chi connectivity index (χ2n) is 16.2. The van der Waals surface area contributed by atoms with Crippen LogP contribution in [0.25, 0.3) is 49.7 Å². The SMILES string of the molecule is CC1(C)c2ccccc2-c2cccc(N(c3ccccc3)c3cc(N(c4ccccc4)c4ccccc4)c4c5ccccc5n(-c5ccc(-c6ccccc6)cc5)c4c3)c21. The molecule has 1 aliphatic rings. The van der Waals surface area contributed by atoms with Gasteiger partial charge in [0.15, 0.2) is 0 Å². The van der Waals surface area contributed by atoms with Gasteiger partial charge in [-0.1, -0.05) is 166 Å². The minimum absolute atomic E-state index is 0.224. The zero-order valence-electron chi connectivity index (χ0n) is 33.7. The lowest BCUT2D eigenvalue weighted by molar-refractivity contribution is 0.661. The van der Waals surface area contributed by atoms with Crippen LogP contribution in [0, 0.1) is 0 Å². The minimum atomic E-state index is -0.224. The van der Waals surface area contributed by atoms with E-state index in [0.717, 1.165) is 45.2 Å². The third kappa shape index (κ3) is 5.73. The van der Waals surface area contributed by atoms with Crippen molar-refractivity contribution in [3.05, 3.63) is 236 Å². The molecular formula is C57H43N3. The van der Waals surface area contributed by atoms with E-state index in [1.54, 1.807) is 0 Å². The van der Waals surface area contributed by atoms with Crippen LogP contribution in [0.1, 0.15) is 25.0 Å². The van der Waals surface area contributed by atoms with Crippen LogP contribution in [0.15, 0.2) is 224 Å². The Labute approximate surface area is 351 Å². The van der Waals surface area contributed by atoms with Crippen LogP contribution in [0.4, 0.5) is 34.1 Å². The second-order valence-corrected chi connectivity index (χ2v) is 16.2. The molecule has 1 aromatic heterocycles. The summed E-state index contributed by atoms with van der Waals surface area (Å²) in [6.45, 7) is 4.75. The van der Waals surface area contributed by atoms with Crippen LogP contribution >= 0.6 is 0 Å². The molecule has 10 aromatic rings. The molecule has 1 aliphatic carbocycles. The molecule has 0 fully saturated rings. The molecule has 0 unspecified atom stereocenters. The van der Waals surface area contributed by atoms with Crippen molar-refractivity contribution in [3.8, 4) is 27.9 Å². The van der Waals surface area contributed by atoms with Gasteiger partial charge in [-0.05, 0) is 106 Å². The highest BCUT2D eigenvalue weighted by Crippen LogP contribution is 2.55. The first-order valence-electron chi connectivity index (χ1n) is 20.8. The Morgan fingerprint density at radius 3 is 1.55 bits per heavy atom. The van der Waals surface area contributed by atoms with Crippen molar-refractivity contribution in [1.82, 2.24) is 4.57 Å². The van der Waals surface area contributed by atoms with Crippen molar-refractivity contribution >= 4 is 55.9 Å². The van der Waals surface area contributed by atoms with Crippen molar-refractivity contribution in [2.24, 2.45) is 0 Å². The maximum atomic E-state index is 2.49. The van der Waals surface area contributed by atoms with Gasteiger partial charge >= 0.3 is 0 Å².